The Morgan fingerprint density at radius 3 is 2.81 bits per heavy atom. The van der Waals surface area contributed by atoms with Gasteiger partial charge in [0.1, 0.15) is 5.75 Å². The highest BCUT2D eigenvalue weighted by molar-refractivity contribution is 6.04. The third kappa shape index (κ3) is 3.80. The van der Waals surface area contributed by atoms with E-state index in [1.165, 1.54) is 25.9 Å². The Balaban J connectivity index is 0.000000613. The van der Waals surface area contributed by atoms with Gasteiger partial charge in [0.05, 0.1) is 12.6 Å². The number of aromatic nitrogens is 2. The molecule has 140 valence electrons. The molecule has 1 atom stereocenters. The van der Waals surface area contributed by atoms with Crippen LogP contribution in [0.1, 0.15) is 23.3 Å². The van der Waals surface area contributed by atoms with Crippen molar-refractivity contribution >= 4 is 23.3 Å². The topological polar surface area (TPSA) is 108 Å². The molecule has 4 heterocycles. The van der Waals surface area contributed by atoms with Crippen molar-refractivity contribution in [2.75, 3.05) is 33.3 Å². The number of nitrogens with one attached hydrogen (secondary N) is 2. The molecular weight excluding hydrogens is 336 g/mol. The van der Waals surface area contributed by atoms with Gasteiger partial charge in [-0.1, -0.05) is 0 Å². The molecule has 2 bridgehead atoms. The van der Waals surface area contributed by atoms with E-state index < -0.39 is 0 Å². The average molecular weight is 360 g/mol. The number of H-pyrrole nitrogens is 1. The minimum absolute atomic E-state index is 0.0992. The highest BCUT2D eigenvalue weighted by Crippen LogP contribution is 2.31. The van der Waals surface area contributed by atoms with E-state index in [0.29, 0.717) is 11.6 Å². The number of rotatable bonds is 4. The predicted octanol–water partition coefficient (Wildman–Crippen LogP) is 1.34. The van der Waals surface area contributed by atoms with Gasteiger partial charge < -0.3 is 20.1 Å². The quantitative estimate of drug-likeness (QED) is 0.710. The van der Waals surface area contributed by atoms with Crippen molar-refractivity contribution in [3.63, 3.8) is 0 Å². The molecule has 0 radical (unpaired) electrons. The fourth-order valence-corrected chi connectivity index (χ4v) is 3.93. The molecule has 1 aromatic carbocycles. The second-order valence-corrected chi connectivity index (χ2v) is 6.70. The molecule has 3 fully saturated rings. The van der Waals surface area contributed by atoms with Crippen molar-refractivity contribution in [2.24, 2.45) is 11.8 Å². The molecule has 0 aliphatic carbocycles. The zero-order valence-corrected chi connectivity index (χ0v) is 14.8. The van der Waals surface area contributed by atoms with Gasteiger partial charge in [-0.25, -0.2) is 0 Å². The fraction of sp³-hybridized carbons (Fsp3) is 0.500. The van der Waals surface area contributed by atoms with Gasteiger partial charge in [0.25, 0.3) is 12.4 Å². The maximum Gasteiger partial charge on any atom is 0.290 e. The van der Waals surface area contributed by atoms with Crippen LogP contribution < -0.4 is 10.1 Å². The van der Waals surface area contributed by atoms with E-state index in [1.54, 1.807) is 7.11 Å². The van der Waals surface area contributed by atoms with E-state index in [0.717, 1.165) is 35.7 Å². The molecule has 8 heteroatoms. The molecule has 3 saturated heterocycles. The number of amides is 1. The SMILES string of the molecule is COc1ccc2c(C(=O)NC[C@@H]3CN4CCC3CC4)n[nH]c2c1.O=CO. The minimum Gasteiger partial charge on any atom is -0.497 e. The number of ether oxygens (including phenoxy) is 1. The molecule has 2 aromatic rings. The molecule has 0 spiro atoms. The van der Waals surface area contributed by atoms with E-state index in [2.05, 4.69) is 20.4 Å². The summed E-state index contributed by atoms with van der Waals surface area (Å²) < 4.78 is 5.19. The zero-order valence-electron chi connectivity index (χ0n) is 14.8. The number of carboxylic acid groups (broad SMARTS) is 1. The first kappa shape index (κ1) is 18.2. The fourth-order valence-electron chi connectivity index (χ4n) is 3.93. The van der Waals surface area contributed by atoms with Gasteiger partial charge >= 0.3 is 0 Å². The van der Waals surface area contributed by atoms with Gasteiger partial charge in [0.15, 0.2) is 5.69 Å². The number of carbonyl (C=O) groups excluding carboxylic acids is 1. The van der Waals surface area contributed by atoms with Crippen LogP contribution in [0, 0.1) is 11.8 Å². The Hall–Kier alpha value is -2.61. The van der Waals surface area contributed by atoms with Gasteiger partial charge in [0.2, 0.25) is 0 Å². The van der Waals surface area contributed by atoms with Gasteiger partial charge in [-0.05, 0) is 49.9 Å². The van der Waals surface area contributed by atoms with Gasteiger partial charge in [0, 0.05) is 24.5 Å². The first-order valence-electron chi connectivity index (χ1n) is 8.76. The Kier molecular flexibility index (Phi) is 5.72. The van der Waals surface area contributed by atoms with E-state index in [-0.39, 0.29) is 12.4 Å². The lowest BCUT2D eigenvalue weighted by Gasteiger charge is -2.44. The molecule has 3 N–H and O–H groups in total. The number of aromatic amines is 1. The van der Waals surface area contributed by atoms with Crippen LogP contribution in [0.2, 0.25) is 0 Å². The second kappa shape index (κ2) is 8.18. The number of methoxy groups -OCH3 is 1. The standard InChI is InChI=1S/C17H22N4O2.CH2O2/c1-23-13-2-3-14-15(8-13)19-20-16(14)17(22)18-9-12-10-21-6-4-11(12)5-7-21;2-1-3/h2-3,8,11-12H,4-7,9-10H2,1H3,(H,18,22)(H,19,20);1H,(H,2,3)/t12-;/m1./s1. The number of hydrogen-bond donors (Lipinski definition) is 3. The largest absolute Gasteiger partial charge is 0.497 e. The van der Waals surface area contributed by atoms with E-state index in [4.69, 9.17) is 14.6 Å². The number of piperidine rings is 3. The maximum atomic E-state index is 12.5. The molecule has 3 aliphatic rings. The second-order valence-electron chi connectivity index (χ2n) is 6.70. The Bertz CT molecular complexity index is 768. The van der Waals surface area contributed by atoms with Crippen LogP contribution in [-0.4, -0.2) is 65.9 Å². The monoisotopic (exact) mass is 360 g/mol. The van der Waals surface area contributed by atoms with Crippen LogP contribution in [0.5, 0.6) is 5.75 Å². The zero-order chi connectivity index (χ0) is 18.5. The summed E-state index contributed by atoms with van der Waals surface area (Å²) in [6.07, 6.45) is 2.54. The van der Waals surface area contributed by atoms with Gasteiger partial charge in [-0.15, -0.1) is 0 Å². The number of carbonyl (C=O) groups is 2. The summed E-state index contributed by atoms with van der Waals surface area (Å²) in [5, 5.41) is 17.9. The number of nitrogens with zero attached hydrogens (tertiary/aromatic N) is 2. The average Bonchev–Trinajstić information content (AvgIpc) is 3.11. The van der Waals surface area contributed by atoms with E-state index in [1.807, 2.05) is 18.2 Å². The maximum absolute atomic E-state index is 12.5. The Morgan fingerprint density at radius 2 is 2.19 bits per heavy atom. The van der Waals surface area contributed by atoms with Crippen molar-refractivity contribution in [2.45, 2.75) is 12.8 Å². The van der Waals surface area contributed by atoms with Crippen LogP contribution in [0.3, 0.4) is 0 Å². The lowest BCUT2D eigenvalue weighted by molar-refractivity contribution is -0.122. The summed E-state index contributed by atoms with van der Waals surface area (Å²) in [4.78, 5) is 23.4. The molecule has 0 unspecified atom stereocenters. The third-order valence-electron chi connectivity index (χ3n) is 5.30. The van der Waals surface area contributed by atoms with Crippen LogP contribution in [0.4, 0.5) is 0 Å². The van der Waals surface area contributed by atoms with Crippen LogP contribution in [0.25, 0.3) is 10.9 Å². The number of hydrogen-bond acceptors (Lipinski definition) is 5. The Morgan fingerprint density at radius 1 is 1.46 bits per heavy atom. The van der Waals surface area contributed by atoms with Crippen LogP contribution in [0.15, 0.2) is 18.2 Å². The van der Waals surface area contributed by atoms with E-state index >= 15 is 0 Å². The minimum atomic E-state index is -0.250. The van der Waals surface area contributed by atoms with E-state index in [9.17, 15) is 4.79 Å². The highest BCUT2D eigenvalue weighted by atomic mass is 16.5. The smallest absolute Gasteiger partial charge is 0.290 e. The molecular formula is C18H24N4O4. The third-order valence-corrected chi connectivity index (χ3v) is 5.30. The molecule has 5 rings (SSSR count). The number of fused-ring (bicyclic) bond motifs is 4. The summed E-state index contributed by atoms with van der Waals surface area (Å²) in [6.45, 7) is 4.05. The van der Waals surface area contributed by atoms with Crippen molar-refractivity contribution in [1.29, 1.82) is 0 Å². The summed E-state index contributed by atoms with van der Waals surface area (Å²) in [6, 6.07) is 5.58. The normalized spacial score (nSPS) is 23.8. The summed E-state index contributed by atoms with van der Waals surface area (Å²) in [5.74, 6) is 1.99. The van der Waals surface area contributed by atoms with Crippen LogP contribution in [-0.2, 0) is 4.79 Å². The highest BCUT2D eigenvalue weighted by Gasteiger charge is 2.34. The molecule has 26 heavy (non-hydrogen) atoms. The van der Waals surface area contributed by atoms with Crippen molar-refractivity contribution in [3.8, 4) is 5.75 Å². The molecule has 0 saturated carbocycles. The Labute approximate surface area is 151 Å². The van der Waals surface area contributed by atoms with Crippen LogP contribution >= 0.6 is 0 Å². The molecule has 3 aliphatic heterocycles. The van der Waals surface area contributed by atoms with Crippen molar-refractivity contribution in [1.82, 2.24) is 20.4 Å². The van der Waals surface area contributed by atoms with Gasteiger partial charge in [-0.2, -0.15) is 5.10 Å². The van der Waals surface area contributed by atoms with Crippen molar-refractivity contribution < 1.29 is 19.4 Å². The summed E-state index contributed by atoms with van der Waals surface area (Å²) >= 11 is 0. The molecule has 1 amide bonds. The lowest BCUT2D eigenvalue weighted by atomic mass is 9.79. The van der Waals surface area contributed by atoms with Crippen molar-refractivity contribution in [3.05, 3.63) is 23.9 Å². The van der Waals surface area contributed by atoms with Gasteiger partial charge in [-0.3, -0.25) is 14.7 Å². The predicted molar refractivity (Wildman–Crippen MR) is 96.3 cm³/mol. The molecule has 1 aromatic heterocycles. The summed E-state index contributed by atoms with van der Waals surface area (Å²) in [7, 11) is 1.62. The number of benzene rings is 1. The lowest BCUT2D eigenvalue weighted by Crippen LogP contribution is -2.50. The summed E-state index contributed by atoms with van der Waals surface area (Å²) in [5.41, 5.74) is 1.28. The first-order valence-corrected chi connectivity index (χ1v) is 8.76. The molecule has 8 nitrogen and oxygen atoms in total. The first-order chi connectivity index (χ1) is 12.7.